The second-order valence-corrected chi connectivity index (χ2v) is 5.30. The highest BCUT2D eigenvalue weighted by atomic mass is 32.2. The van der Waals surface area contributed by atoms with Crippen molar-refractivity contribution in [3.8, 4) is 11.5 Å². The average Bonchev–Trinajstić information content (AvgIpc) is 2.40. The third kappa shape index (κ3) is 3.48. The Balaban J connectivity index is 2.20. The summed E-state index contributed by atoms with van der Waals surface area (Å²) in [5.41, 5.74) is 0. The van der Waals surface area contributed by atoms with Gasteiger partial charge in [0.15, 0.2) is 0 Å². The largest absolute Gasteiger partial charge is 0.494 e. The van der Waals surface area contributed by atoms with Crippen LogP contribution in [0.1, 0.15) is 6.92 Å². The molecule has 0 fully saturated rings. The van der Waals surface area contributed by atoms with E-state index in [2.05, 4.69) is 0 Å². The highest BCUT2D eigenvalue weighted by Gasteiger charge is 2.16. The van der Waals surface area contributed by atoms with Gasteiger partial charge in [0.2, 0.25) is 0 Å². The SMILES string of the molecule is CCOc1ccc(S(=O)(=O)Oc2ccccc2)cc1. The Labute approximate surface area is 112 Å². The number of benzene rings is 2. The topological polar surface area (TPSA) is 52.6 Å². The maximum Gasteiger partial charge on any atom is 0.339 e. The van der Waals surface area contributed by atoms with Crippen LogP contribution in [0.5, 0.6) is 11.5 Å². The van der Waals surface area contributed by atoms with E-state index in [1.54, 1.807) is 42.5 Å². The first-order chi connectivity index (χ1) is 9.12. The number of hydrogen-bond acceptors (Lipinski definition) is 4. The highest BCUT2D eigenvalue weighted by Crippen LogP contribution is 2.20. The van der Waals surface area contributed by atoms with Crippen molar-refractivity contribution in [3.63, 3.8) is 0 Å². The summed E-state index contributed by atoms with van der Waals surface area (Å²) in [5.74, 6) is 0.914. The summed E-state index contributed by atoms with van der Waals surface area (Å²) < 4.78 is 34.3. The molecule has 0 spiro atoms. The molecule has 0 N–H and O–H groups in total. The Hall–Kier alpha value is -2.01. The molecule has 0 unspecified atom stereocenters. The Morgan fingerprint density at radius 3 is 2.11 bits per heavy atom. The minimum absolute atomic E-state index is 0.0970. The van der Waals surface area contributed by atoms with E-state index in [-0.39, 0.29) is 10.6 Å². The summed E-state index contributed by atoms with van der Waals surface area (Å²) in [6.07, 6.45) is 0. The van der Waals surface area contributed by atoms with Crippen molar-refractivity contribution in [1.29, 1.82) is 0 Å². The van der Waals surface area contributed by atoms with E-state index in [4.69, 9.17) is 8.92 Å². The summed E-state index contributed by atoms with van der Waals surface area (Å²) in [6, 6.07) is 14.5. The van der Waals surface area contributed by atoms with Crippen LogP contribution in [0.2, 0.25) is 0 Å². The quantitative estimate of drug-likeness (QED) is 0.789. The predicted molar refractivity (Wildman–Crippen MR) is 71.9 cm³/mol. The van der Waals surface area contributed by atoms with Crippen molar-refractivity contribution in [1.82, 2.24) is 0 Å². The van der Waals surface area contributed by atoms with Crippen molar-refractivity contribution < 1.29 is 17.3 Å². The molecule has 0 amide bonds. The first-order valence-electron chi connectivity index (χ1n) is 5.84. The first-order valence-corrected chi connectivity index (χ1v) is 7.25. The van der Waals surface area contributed by atoms with Gasteiger partial charge in [0.1, 0.15) is 16.4 Å². The zero-order valence-electron chi connectivity index (χ0n) is 10.4. The third-order valence-corrected chi connectivity index (χ3v) is 3.63. The lowest BCUT2D eigenvalue weighted by Gasteiger charge is -2.07. The van der Waals surface area contributed by atoms with Crippen LogP contribution in [0.4, 0.5) is 0 Å². The lowest BCUT2D eigenvalue weighted by Crippen LogP contribution is -2.09. The molecule has 0 radical (unpaired) electrons. The average molecular weight is 278 g/mol. The van der Waals surface area contributed by atoms with Gasteiger partial charge in [-0.1, -0.05) is 18.2 Å². The molecule has 0 aliphatic heterocycles. The molecule has 0 saturated carbocycles. The van der Waals surface area contributed by atoms with Crippen molar-refractivity contribution in [2.45, 2.75) is 11.8 Å². The lowest BCUT2D eigenvalue weighted by atomic mass is 10.3. The maximum atomic E-state index is 12.0. The van der Waals surface area contributed by atoms with Gasteiger partial charge in [0.05, 0.1) is 6.61 Å². The van der Waals surface area contributed by atoms with Gasteiger partial charge in [0.25, 0.3) is 0 Å². The van der Waals surface area contributed by atoms with E-state index >= 15 is 0 Å². The Kier molecular flexibility index (Phi) is 4.06. The van der Waals surface area contributed by atoms with Crippen LogP contribution in [0.15, 0.2) is 59.5 Å². The second-order valence-electron chi connectivity index (χ2n) is 3.75. The van der Waals surface area contributed by atoms with E-state index in [0.29, 0.717) is 12.4 Å². The molecule has 0 bridgehead atoms. The lowest BCUT2D eigenvalue weighted by molar-refractivity contribution is 0.340. The molecule has 100 valence electrons. The zero-order chi connectivity index (χ0) is 13.7. The van der Waals surface area contributed by atoms with Crippen LogP contribution < -0.4 is 8.92 Å². The van der Waals surface area contributed by atoms with E-state index in [0.717, 1.165) is 0 Å². The maximum absolute atomic E-state index is 12.0. The van der Waals surface area contributed by atoms with Gasteiger partial charge in [-0.05, 0) is 43.3 Å². The van der Waals surface area contributed by atoms with E-state index in [1.165, 1.54) is 12.1 Å². The Morgan fingerprint density at radius 1 is 0.895 bits per heavy atom. The minimum Gasteiger partial charge on any atom is -0.494 e. The number of hydrogen-bond donors (Lipinski definition) is 0. The van der Waals surface area contributed by atoms with Crippen molar-refractivity contribution in [2.24, 2.45) is 0 Å². The van der Waals surface area contributed by atoms with Crippen LogP contribution in [-0.2, 0) is 10.1 Å². The summed E-state index contributed by atoms with van der Waals surface area (Å²) in [6.45, 7) is 2.40. The summed E-state index contributed by atoms with van der Waals surface area (Å²) in [5, 5.41) is 0. The fraction of sp³-hybridized carbons (Fsp3) is 0.143. The van der Waals surface area contributed by atoms with Crippen molar-refractivity contribution >= 4 is 10.1 Å². The molecule has 0 aromatic heterocycles. The van der Waals surface area contributed by atoms with Crippen molar-refractivity contribution in [3.05, 3.63) is 54.6 Å². The number of para-hydroxylation sites is 1. The molecule has 0 aliphatic rings. The molecule has 5 heteroatoms. The van der Waals surface area contributed by atoms with Crippen LogP contribution in [-0.4, -0.2) is 15.0 Å². The third-order valence-electron chi connectivity index (χ3n) is 2.37. The second kappa shape index (κ2) is 5.75. The summed E-state index contributed by atoms with van der Waals surface area (Å²) >= 11 is 0. The zero-order valence-corrected chi connectivity index (χ0v) is 11.3. The van der Waals surface area contributed by atoms with Crippen molar-refractivity contribution in [2.75, 3.05) is 6.61 Å². The number of ether oxygens (including phenoxy) is 1. The first kappa shape index (κ1) is 13.4. The van der Waals surface area contributed by atoms with E-state index in [9.17, 15) is 8.42 Å². The van der Waals surface area contributed by atoms with Gasteiger partial charge in [-0.3, -0.25) is 0 Å². The highest BCUT2D eigenvalue weighted by molar-refractivity contribution is 7.87. The van der Waals surface area contributed by atoms with Crippen LogP contribution >= 0.6 is 0 Å². The van der Waals surface area contributed by atoms with Gasteiger partial charge < -0.3 is 8.92 Å². The molecular formula is C14H14O4S. The van der Waals surface area contributed by atoms with Gasteiger partial charge in [-0.2, -0.15) is 8.42 Å². The monoisotopic (exact) mass is 278 g/mol. The Morgan fingerprint density at radius 2 is 1.53 bits per heavy atom. The standard InChI is InChI=1S/C14H14O4S/c1-2-17-12-8-10-14(11-9-12)19(15,16)18-13-6-4-3-5-7-13/h3-11H,2H2,1H3. The molecule has 19 heavy (non-hydrogen) atoms. The molecule has 4 nitrogen and oxygen atoms in total. The minimum atomic E-state index is -3.80. The molecule has 0 saturated heterocycles. The van der Waals surface area contributed by atoms with Gasteiger partial charge >= 0.3 is 10.1 Å². The molecule has 0 aliphatic carbocycles. The van der Waals surface area contributed by atoms with E-state index in [1.807, 2.05) is 6.92 Å². The normalized spacial score (nSPS) is 11.0. The molecule has 2 rings (SSSR count). The molecular weight excluding hydrogens is 264 g/mol. The predicted octanol–water partition coefficient (Wildman–Crippen LogP) is 2.85. The van der Waals surface area contributed by atoms with Crippen LogP contribution in [0, 0.1) is 0 Å². The van der Waals surface area contributed by atoms with Crippen LogP contribution in [0.25, 0.3) is 0 Å². The fourth-order valence-corrected chi connectivity index (χ4v) is 2.45. The Bertz CT molecular complexity index is 618. The molecule has 2 aromatic carbocycles. The molecule has 0 atom stereocenters. The summed E-state index contributed by atoms with van der Waals surface area (Å²) in [4.78, 5) is 0.0970. The van der Waals surface area contributed by atoms with Gasteiger partial charge in [0, 0.05) is 0 Å². The van der Waals surface area contributed by atoms with Gasteiger partial charge in [-0.25, -0.2) is 0 Å². The summed E-state index contributed by atoms with van der Waals surface area (Å²) in [7, 11) is -3.80. The smallest absolute Gasteiger partial charge is 0.339 e. The van der Waals surface area contributed by atoms with Crippen LogP contribution in [0.3, 0.4) is 0 Å². The molecule has 0 heterocycles. The fourth-order valence-electron chi connectivity index (χ4n) is 1.52. The molecule has 2 aromatic rings. The van der Waals surface area contributed by atoms with Gasteiger partial charge in [-0.15, -0.1) is 0 Å². The number of rotatable bonds is 5. The van der Waals surface area contributed by atoms with E-state index < -0.39 is 10.1 Å².